The number of nitrogens with one attached hydrogen (secondary N) is 1. The van der Waals surface area contributed by atoms with E-state index in [4.69, 9.17) is 10.5 Å². The van der Waals surface area contributed by atoms with E-state index < -0.39 is 17.7 Å². The van der Waals surface area contributed by atoms with Crippen molar-refractivity contribution in [3.8, 4) is 0 Å². The molecular formula is C30H32F3N3O2. The van der Waals surface area contributed by atoms with Crippen molar-refractivity contribution in [3.05, 3.63) is 99.4 Å². The van der Waals surface area contributed by atoms with Crippen molar-refractivity contribution in [2.24, 2.45) is 5.73 Å². The second-order valence-electron chi connectivity index (χ2n) is 9.70. The number of rotatable bonds is 5. The second-order valence-corrected chi connectivity index (χ2v) is 9.70. The van der Waals surface area contributed by atoms with Crippen LogP contribution in [0, 0.1) is 0 Å². The minimum absolute atomic E-state index is 0.0612. The van der Waals surface area contributed by atoms with Crippen molar-refractivity contribution >= 4 is 23.1 Å². The molecule has 1 aliphatic rings. The molecule has 0 spiro atoms. The summed E-state index contributed by atoms with van der Waals surface area (Å²) in [4.78, 5) is 14.0. The Balaban J connectivity index is 1.76. The van der Waals surface area contributed by atoms with Gasteiger partial charge in [0, 0.05) is 10.9 Å². The topological polar surface area (TPSA) is 67.6 Å². The van der Waals surface area contributed by atoms with Crippen LogP contribution in [-0.2, 0) is 10.9 Å². The molecule has 0 saturated carbocycles. The fourth-order valence-electron chi connectivity index (χ4n) is 4.86. The maximum absolute atomic E-state index is 13.8. The third kappa shape index (κ3) is 6.19. The highest BCUT2D eigenvalue weighted by Crippen LogP contribution is 2.36. The molecular weight excluding hydrogens is 491 g/mol. The summed E-state index contributed by atoms with van der Waals surface area (Å²) in [6.45, 7) is 3.63. The van der Waals surface area contributed by atoms with Crippen LogP contribution in [-0.4, -0.2) is 38.1 Å². The van der Waals surface area contributed by atoms with Crippen LogP contribution < -0.4 is 21.5 Å². The van der Waals surface area contributed by atoms with Crippen molar-refractivity contribution in [1.29, 1.82) is 0 Å². The van der Waals surface area contributed by atoms with Gasteiger partial charge in [-0.2, -0.15) is 13.2 Å². The van der Waals surface area contributed by atoms with Gasteiger partial charge < -0.3 is 20.7 Å². The number of alkyl halides is 3. The lowest BCUT2D eigenvalue weighted by Crippen LogP contribution is -2.34. The van der Waals surface area contributed by atoms with Gasteiger partial charge in [0.2, 0.25) is 0 Å². The van der Waals surface area contributed by atoms with E-state index in [9.17, 15) is 18.0 Å². The first-order valence-corrected chi connectivity index (χ1v) is 12.5. The summed E-state index contributed by atoms with van der Waals surface area (Å²) in [5, 5.41) is 4.54. The van der Waals surface area contributed by atoms with Crippen molar-refractivity contribution < 1.29 is 22.7 Å². The maximum atomic E-state index is 13.8. The van der Waals surface area contributed by atoms with Crippen LogP contribution in [0.3, 0.4) is 0 Å². The molecule has 4 rings (SSSR count). The van der Waals surface area contributed by atoms with Gasteiger partial charge in [-0.3, -0.25) is 0 Å². The van der Waals surface area contributed by atoms with Crippen LogP contribution in [0.2, 0.25) is 0 Å². The predicted molar refractivity (Wildman–Crippen MR) is 144 cm³/mol. The van der Waals surface area contributed by atoms with Gasteiger partial charge >= 0.3 is 12.1 Å². The molecule has 1 saturated heterocycles. The molecule has 0 amide bonds. The maximum Gasteiger partial charge on any atom is 0.416 e. The first-order valence-electron chi connectivity index (χ1n) is 12.5. The Morgan fingerprint density at radius 3 is 2.18 bits per heavy atom. The minimum atomic E-state index is -4.47. The van der Waals surface area contributed by atoms with Gasteiger partial charge in [-0.25, -0.2) is 4.79 Å². The highest BCUT2D eigenvalue weighted by atomic mass is 19.4. The number of anilines is 1. The number of nitrogens with zero attached hydrogens (tertiary/aromatic N) is 1. The number of nitrogens with two attached hydrogens (primary N) is 1. The molecule has 3 aromatic rings. The Hall–Kier alpha value is -3.78. The molecule has 0 unspecified atom stereocenters. The van der Waals surface area contributed by atoms with Gasteiger partial charge in [-0.05, 0) is 98.1 Å². The zero-order valence-electron chi connectivity index (χ0n) is 21.7. The summed E-state index contributed by atoms with van der Waals surface area (Å²) < 4.78 is 46.1. The number of carbonyl (C=O) groups is 1. The van der Waals surface area contributed by atoms with E-state index in [1.54, 1.807) is 18.2 Å². The van der Waals surface area contributed by atoms with Gasteiger partial charge in [0.15, 0.2) is 0 Å². The largest absolute Gasteiger partial charge is 0.465 e. The Kier molecular flexibility index (Phi) is 8.11. The van der Waals surface area contributed by atoms with Crippen LogP contribution in [0.4, 0.5) is 18.9 Å². The molecule has 0 aromatic heterocycles. The smallest absolute Gasteiger partial charge is 0.416 e. The fraction of sp³-hybridized carbons (Fsp3) is 0.300. The number of hydrogen-bond donors (Lipinski definition) is 2. The van der Waals surface area contributed by atoms with Crippen LogP contribution in [0.25, 0.3) is 11.4 Å². The highest BCUT2D eigenvalue weighted by molar-refractivity contribution is 5.89. The Morgan fingerprint density at radius 1 is 0.974 bits per heavy atom. The quantitative estimate of drug-likeness (QED) is 0.477. The van der Waals surface area contributed by atoms with Gasteiger partial charge in [-0.1, -0.05) is 36.4 Å². The van der Waals surface area contributed by atoms with Crippen molar-refractivity contribution in [1.82, 2.24) is 4.90 Å². The number of methoxy groups -OCH3 is 1. The zero-order valence-corrected chi connectivity index (χ0v) is 21.7. The number of hydrogen-bond acceptors (Lipinski definition) is 5. The van der Waals surface area contributed by atoms with Crippen LogP contribution in [0.5, 0.6) is 0 Å². The minimum Gasteiger partial charge on any atom is -0.465 e. The Bertz CT molecular complexity index is 1420. The van der Waals surface area contributed by atoms with Crippen LogP contribution in [0.15, 0.2) is 66.7 Å². The van der Waals surface area contributed by atoms with E-state index in [-0.39, 0.29) is 11.7 Å². The molecule has 0 radical (unpaired) electrons. The molecule has 200 valence electrons. The highest BCUT2D eigenvalue weighted by Gasteiger charge is 2.32. The molecule has 0 atom stereocenters. The zero-order chi connectivity index (χ0) is 27.4. The monoisotopic (exact) mass is 523 g/mol. The van der Waals surface area contributed by atoms with Gasteiger partial charge in [0.1, 0.15) is 5.82 Å². The molecule has 3 aromatic carbocycles. The molecule has 1 aliphatic heterocycles. The first-order chi connectivity index (χ1) is 18.1. The third-order valence-corrected chi connectivity index (χ3v) is 7.11. The summed E-state index contributed by atoms with van der Waals surface area (Å²) >= 11 is 0. The molecule has 5 nitrogen and oxygen atoms in total. The second kappa shape index (κ2) is 11.3. The average Bonchev–Trinajstić information content (AvgIpc) is 2.92. The Labute approximate surface area is 220 Å². The summed E-state index contributed by atoms with van der Waals surface area (Å²) in [6, 6.07) is 18.6. The summed E-state index contributed by atoms with van der Waals surface area (Å²) in [5.41, 5.74) is 8.98. The molecule has 0 aliphatic carbocycles. The van der Waals surface area contributed by atoms with Crippen molar-refractivity contribution in [2.45, 2.75) is 31.9 Å². The number of esters is 1. The van der Waals surface area contributed by atoms with Crippen LogP contribution >= 0.6 is 0 Å². The van der Waals surface area contributed by atoms with E-state index in [0.29, 0.717) is 22.0 Å². The molecule has 3 N–H and O–H groups in total. The predicted octanol–water partition coefficient (Wildman–Crippen LogP) is 4.66. The molecule has 1 heterocycles. The number of likely N-dealkylation sites (tertiary alicyclic amines) is 1. The van der Waals surface area contributed by atoms with Crippen LogP contribution in [0.1, 0.15) is 52.7 Å². The fourth-order valence-corrected chi connectivity index (χ4v) is 4.86. The van der Waals surface area contributed by atoms with E-state index >= 15 is 0 Å². The average molecular weight is 524 g/mol. The van der Waals surface area contributed by atoms with Crippen molar-refractivity contribution in [2.75, 3.05) is 32.6 Å². The SMILES string of the molecule is COC(=O)c1ccc(/C(C)=c2\cccc\c2=C(\N)Nc2cc(C3CCN(C)CC3)cc(C(F)(F)F)c2)cc1. The van der Waals surface area contributed by atoms with E-state index in [1.165, 1.54) is 13.2 Å². The van der Waals surface area contributed by atoms with Crippen molar-refractivity contribution in [3.63, 3.8) is 0 Å². The normalized spacial score (nSPS) is 16.6. The van der Waals surface area contributed by atoms with Gasteiger partial charge in [-0.15, -0.1) is 0 Å². The lowest BCUT2D eigenvalue weighted by molar-refractivity contribution is -0.137. The molecule has 0 bridgehead atoms. The summed E-state index contributed by atoms with van der Waals surface area (Å²) in [7, 11) is 3.35. The van der Waals surface area contributed by atoms with Gasteiger partial charge in [0.05, 0.1) is 18.2 Å². The summed E-state index contributed by atoms with van der Waals surface area (Å²) in [5.74, 6) is -0.108. The number of ether oxygens (including phenoxy) is 1. The lowest BCUT2D eigenvalue weighted by atomic mass is 9.88. The van der Waals surface area contributed by atoms with E-state index in [1.807, 2.05) is 50.4 Å². The first kappa shape index (κ1) is 27.3. The Morgan fingerprint density at radius 2 is 1.58 bits per heavy atom. The van der Waals surface area contributed by atoms with Gasteiger partial charge in [0.25, 0.3) is 0 Å². The third-order valence-electron chi connectivity index (χ3n) is 7.11. The number of carbonyl (C=O) groups excluding carboxylic acids is 1. The standard InChI is InChI=1S/C30H32F3N3O2/c1-19(20-8-10-22(11-9-20)29(37)38-3)26-6-4-5-7-27(26)28(34)35-25-17-23(16-24(18-25)30(31,32)33)21-12-14-36(2)15-13-21/h4-11,16-18,21,35H,12-15,34H2,1-3H3/b26-19+,28-27+. The molecule has 1 fully saturated rings. The lowest BCUT2D eigenvalue weighted by Gasteiger charge is -2.30. The number of benzene rings is 3. The summed E-state index contributed by atoms with van der Waals surface area (Å²) in [6.07, 6.45) is -2.85. The molecule has 8 heteroatoms. The van der Waals surface area contributed by atoms with E-state index in [2.05, 4.69) is 10.2 Å². The number of piperidine rings is 1. The molecule has 38 heavy (non-hydrogen) atoms. The van der Waals surface area contributed by atoms with E-state index in [0.717, 1.165) is 48.4 Å². The number of halogens is 3.